The number of thiophene rings is 1. The molecule has 0 unspecified atom stereocenters. The Morgan fingerprint density at radius 1 is 1.36 bits per heavy atom. The van der Waals surface area contributed by atoms with Crippen LogP contribution in [-0.4, -0.2) is 30.4 Å². The first-order chi connectivity index (χ1) is 10.3. The van der Waals surface area contributed by atoms with E-state index in [1.54, 1.807) is 29.9 Å². The van der Waals surface area contributed by atoms with Crippen molar-refractivity contribution in [1.29, 1.82) is 0 Å². The molecule has 2 aromatic rings. The highest BCUT2D eigenvalue weighted by Gasteiger charge is 2.19. The van der Waals surface area contributed by atoms with Gasteiger partial charge in [-0.1, -0.05) is 0 Å². The second-order valence-corrected chi connectivity index (χ2v) is 7.94. The number of sulfonamides is 1. The quantitative estimate of drug-likeness (QED) is 0.808. The van der Waals surface area contributed by atoms with Crippen molar-refractivity contribution in [3.05, 3.63) is 33.9 Å². The maximum absolute atomic E-state index is 12.0. The molecule has 1 amide bonds. The highest BCUT2D eigenvalue weighted by Crippen LogP contribution is 2.14. The van der Waals surface area contributed by atoms with Crippen LogP contribution in [0.4, 0.5) is 0 Å². The van der Waals surface area contributed by atoms with Crippen LogP contribution in [0.1, 0.15) is 15.6 Å². The van der Waals surface area contributed by atoms with Crippen molar-refractivity contribution >= 4 is 27.3 Å². The minimum absolute atomic E-state index is 0.0887. The Morgan fingerprint density at radius 3 is 2.64 bits per heavy atom. The first-order valence-corrected chi connectivity index (χ1v) is 8.89. The number of nitrogens with one attached hydrogen (secondary N) is 2. The Kier molecular flexibility index (Phi) is 4.99. The van der Waals surface area contributed by atoms with Gasteiger partial charge in [0.15, 0.2) is 5.03 Å². The Morgan fingerprint density at radius 2 is 2.09 bits per heavy atom. The van der Waals surface area contributed by atoms with Crippen molar-refractivity contribution in [1.82, 2.24) is 19.6 Å². The summed E-state index contributed by atoms with van der Waals surface area (Å²) in [5, 5.41) is 2.58. The lowest BCUT2D eigenvalue weighted by atomic mass is 10.4. The van der Waals surface area contributed by atoms with Crippen LogP contribution in [0.2, 0.25) is 0 Å². The van der Waals surface area contributed by atoms with Crippen LogP contribution in [0.25, 0.3) is 0 Å². The number of carbonyl (C=O) groups excluding carboxylic acids is 1. The second kappa shape index (κ2) is 6.59. The molecule has 0 bridgehead atoms. The summed E-state index contributed by atoms with van der Waals surface area (Å²) in [6.07, 6.45) is 1.41. The van der Waals surface area contributed by atoms with Gasteiger partial charge in [0.1, 0.15) is 5.82 Å². The summed E-state index contributed by atoms with van der Waals surface area (Å²) in [6, 6.07) is 3.90. The zero-order valence-corrected chi connectivity index (χ0v) is 14.2. The molecule has 2 rings (SSSR count). The van der Waals surface area contributed by atoms with E-state index >= 15 is 0 Å². The molecule has 22 heavy (non-hydrogen) atoms. The first-order valence-electron chi connectivity index (χ1n) is 6.59. The summed E-state index contributed by atoms with van der Waals surface area (Å²) in [5.41, 5.74) is 0. The Hall–Kier alpha value is -1.71. The molecule has 0 radical (unpaired) electrons. The molecule has 2 N–H and O–H groups in total. The van der Waals surface area contributed by atoms with Crippen molar-refractivity contribution in [3.8, 4) is 0 Å². The molecule has 120 valence electrons. The molecule has 9 heteroatoms. The number of aryl methyl sites for hydroxylation is 3. The molecule has 0 aliphatic rings. The number of hydrogen-bond donors (Lipinski definition) is 2. The van der Waals surface area contributed by atoms with E-state index in [1.165, 1.54) is 6.20 Å². The van der Waals surface area contributed by atoms with Crippen LogP contribution in [-0.2, 0) is 28.4 Å². The number of nitrogens with zero attached hydrogens (tertiary/aromatic N) is 2. The molecule has 0 fully saturated rings. The molecule has 2 aromatic heterocycles. The number of amides is 1. The second-order valence-electron chi connectivity index (χ2n) is 4.85. The molecule has 0 aliphatic heterocycles. The molecule has 2 heterocycles. The van der Waals surface area contributed by atoms with E-state index in [2.05, 4.69) is 15.0 Å². The van der Waals surface area contributed by atoms with Crippen molar-refractivity contribution < 1.29 is 13.2 Å². The lowest BCUT2D eigenvalue weighted by Crippen LogP contribution is -2.36. The van der Waals surface area contributed by atoms with E-state index in [-0.39, 0.29) is 17.5 Å². The molecule has 0 saturated carbocycles. The molecule has 0 spiro atoms. The molecule has 7 nitrogen and oxygen atoms in total. The van der Waals surface area contributed by atoms with Crippen LogP contribution in [0.15, 0.2) is 23.4 Å². The van der Waals surface area contributed by atoms with Crippen LogP contribution < -0.4 is 10.0 Å². The summed E-state index contributed by atoms with van der Waals surface area (Å²) in [5.74, 6) is 0.195. The van der Waals surface area contributed by atoms with Gasteiger partial charge in [0.05, 0.1) is 13.1 Å². The standard InChI is InChI=1S/C13H18N4O3S2/c1-9-4-5-11(21-9)6-14-12(18)7-15-22(19,20)13-8-17(3)10(2)16-13/h4-5,8,15H,6-7H2,1-3H3,(H,14,18). The highest BCUT2D eigenvalue weighted by atomic mass is 32.2. The zero-order chi connectivity index (χ0) is 16.3. The molecule has 0 aromatic carbocycles. The summed E-state index contributed by atoms with van der Waals surface area (Å²) >= 11 is 1.59. The van der Waals surface area contributed by atoms with Gasteiger partial charge >= 0.3 is 0 Å². The molecular weight excluding hydrogens is 324 g/mol. The number of rotatable bonds is 6. The van der Waals surface area contributed by atoms with Crippen molar-refractivity contribution in [3.63, 3.8) is 0 Å². The Bertz CT molecular complexity index is 758. The van der Waals surface area contributed by atoms with E-state index in [4.69, 9.17) is 0 Å². The van der Waals surface area contributed by atoms with Gasteiger partial charge in [-0.3, -0.25) is 4.79 Å². The van der Waals surface area contributed by atoms with Crippen molar-refractivity contribution in [2.24, 2.45) is 7.05 Å². The Balaban J connectivity index is 1.87. The van der Waals surface area contributed by atoms with Crippen molar-refractivity contribution in [2.45, 2.75) is 25.4 Å². The molecule has 0 atom stereocenters. The topological polar surface area (TPSA) is 93.1 Å². The third-order valence-corrected chi connectivity index (χ3v) is 5.31. The van der Waals surface area contributed by atoms with Gasteiger partial charge in [0.25, 0.3) is 10.0 Å². The summed E-state index contributed by atoms with van der Waals surface area (Å²) in [6.45, 7) is 3.76. The van der Waals surface area contributed by atoms with Crippen LogP contribution in [0.5, 0.6) is 0 Å². The van der Waals surface area contributed by atoms with Gasteiger partial charge in [0, 0.05) is 23.0 Å². The van der Waals surface area contributed by atoms with Gasteiger partial charge in [-0.05, 0) is 26.0 Å². The van der Waals surface area contributed by atoms with Gasteiger partial charge in [-0.2, -0.15) is 0 Å². The predicted octanol–water partition coefficient (Wildman–Crippen LogP) is 0.693. The lowest BCUT2D eigenvalue weighted by molar-refractivity contribution is -0.120. The smallest absolute Gasteiger partial charge is 0.260 e. The highest BCUT2D eigenvalue weighted by molar-refractivity contribution is 7.89. The summed E-state index contributed by atoms with van der Waals surface area (Å²) in [4.78, 5) is 17.8. The fourth-order valence-corrected chi connectivity index (χ4v) is 3.57. The van der Waals surface area contributed by atoms with E-state index in [0.717, 1.165) is 9.75 Å². The minimum Gasteiger partial charge on any atom is -0.350 e. The number of carbonyl (C=O) groups is 1. The van der Waals surface area contributed by atoms with E-state index in [9.17, 15) is 13.2 Å². The van der Waals surface area contributed by atoms with Gasteiger partial charge in [0.2, 0.25) is 5.91 Å². The van der Waals surface area contributed by atoms with E-state index in [1.807, 2.05) is 19.1 Å². The van der Waals surface area contributed by atoms with Crippen LogP contribution >= 0.6 is 11.3 Å². The SMILES string of the molecule is Cc1ccc(CNC(=O)CNS(=O)(=O)c2cn(C)c(C)n2)s1. The average Bonchev–Trinajstić information content (AvgIpc) is 3.01. The summed E-state index contributed by atoms with van der Waals surface area (Å²) in [7, 11) is -2.07. The molecule has 0 aliphatic carbocycles. The molecule has 0 saturated heterocycles. The largest absolute Gasteiger partial charge is 0.350 e. The Labute approximate surface area is 133 Å². The van der Waals surface area contributed by atoms with Crippen LogP contribution in [0, 0.1) is 13.8 Å². The van der Waals surface area contributed by atoms with Gasteiger partial charge in [-0.25, -0.2) is 18.1 Å². The maximum Gasteiger partial charge on any atom is 0.260 e. The van der Waals surface area contributed by atoms with Gasteiger partial charge < -0.3 is 9.88 Å². The maximum atomic E-state index is 12.0. The zero-order valence-electron chi connectivity index (χ0n) is 12.6. The number of imidazole rings is 1. The predicted molar refractivity (Wildman–Crippen MR) is 84.0 cm³/mol. The van der Waals surface area contributed by atoms with E-state index < -0.39 is 10.0 Å². The van der Waals surface area contributed by atoms with E-state index in [0.29, 0.717) is 12.4 Å². The van der Waals surface area contributed by atoms with Crippen molar-refractivity contribution in [2.75, 3.05) is 6.54 Å². The lowest BCUT2D eigenvalue weighted by Gasteiger charge is -2.05. The first kappa shape index (κ1) is 16.7. The third-order valence-electron chi connectivity index (χ3n) is 3.04. The average molecular weight is 342 g/mol. The molecular formula is C13H18N4O3S2. The minimum atomic E-state index is -3.78. The number of hydrogen-bond acceptors (Lipinski definition) is 5. The normalized spacial score (nSPS) is 11.6. The fraction of sp³-hybridized carbons (Fsp3) is 0.385. The third kappa shape index (κ3) is 4.15. The monoisotopic (exact) mass is 342 g/mol. The fourth-order valence-electron chi connectivity index (χ4n) is 1.72. The summed E-state index contributed by atoms with van der Waals surface area (Å²) < 4.78 is 27.9. The van der Waals surface area contributed by atoms with Gasteiger partial charge in [-0.15, -0.1) is 11.3 Å². The number of aromatic nitrogens is 2. The van der Waals surface area contributed by atoms with Crippen LogP contribution in [0.3, 0.4) is 0 Å².